The van der Waals surface area contributed by atoms with Gasteiger partial charge in [-0.1, -0.05) is 19.1 Å². The molecule has 2 nitrogen and oxygen atoms in total. The van der Waals surface area contributed by atoms with Crippen molar-refractivity contribution < 1.29 is 13.9 Å². The molecule has 3 rings (SSSR count). The van der Waals surface area contributed by atoms with Gasteiger partial charge in [-0.25, -0.2) is 8.78 Å². The zero-order valence-electron chi connectivity index (χ0n) is 12.0. The van der Waals surface area contributed by atoms with E-state index in [1.807, 2.05) is 13.0 Å². The van der Waals surface area contributed by atoms with Crippen molar-refractivity contribution in [2.45, 2.75) is 32.2 Å². The number of rotatable bonds is 2. The van der Waals surface area contributed by atoms with Crippen LogP contribution in [0.2, 0.25) is 0 Å². The van der Waals surface area contributed by atoms with Crippen LogP contribution in [0.25, 0.3) is 0 Å². The molecule has 2 aromatic carbocycles. The van der Waals surface area contributed by atoms with Gasteiger partial charge >= 0.3 is 0 Å². The van der Waals surface area contributed by atoms with Gasteiger partial charge in [-0.15, -0.1) is 0 Å². The van der Waals surface area contributed by atoms with E-state index in [1.54, 1.807) is 6.07 Å². The van der Waals surface area contributed by atoms with Crippen LogP contribution in [0.1, 0.15) is 42.0 Å². The standard InChI is InChI=1S/C17H17F2NO/c1-9-6-7-14(21)16-13(8-10(2)15(9)16)20-17-11(18)4-3-5-12(17)19/h3-7,10,13,20-21H,8H2,1-2H3. The van der Waals surface area contributed by atoms with Gasteiger partial charge in [0, 0.05) is 5.56 Å². The molecular formula is C17H17F2NO. The van der Waals surface area contributed by atoms with Gasteiger partial charge in [0.05, 0.1) is 6.04 Å². The maximum Gasteiger partial charge on any atom is 0.149 e. The third-order valence-electron chi connectivity index (χ3n) is 4.19. The first-order chi connectivity index (χ1) is 9.99. The van der Waals surface area contributed by atoms with Crippen molar-refractivity contribution in [3.8, 4) is 5.75 Å². The van der Waals surface area contributed by atoms with Crippen molar-refractivity contribution in [3.05, 3.63) is 58.7 Å². The number of aromatic hydroxyl groups is 1. The summed E-state index contributed by atoms with van der Waals surface area (Å²) < 4.78 is 27.6. The Kier molecular flexibility index (Phi) is 3.32. The van der Waals surface area contributed by atoms with E-state index in [0.29, 0.717) is 6.42 Å². The Labute approximate surface area is 122 Å². The molecule has 2 atom stereocenters. The van der Waals surface area contributed by atoms with Gasteiger partial charge in [0.2, 0.25) is 0 Å². The normalized spacial score (nSPS) is 20.4. The van der Waals surface area contributed by atoms with Crippen LogP contribution in [0.5, 0.6) is 5.75 Å². The Morgan fingerprint density at radius 1 is 1.10 bits per heavy atom. The number of fused-ring (bicyclic) bond motifs is 1. The summed E-state index contributed by atoms with van der Waals surface area (Å²) in [4.78, 5) is 0. The first-order valence-corrected chi connectivity index (χ1v) is 7.02. The second-order valence-corrected chi connectivity index (χ2v) is 5.66. The van der Waals surface area contributed by atoms with Gasteiger partial charge in [0.25, 0.3) is 0 Å². The molecule has 2 N–H and O–H groups in total. The quantitative estimate of drug-likeness (QED) is 0.844. The molecule has 0 radical (unpaired) electrons. The van der Waals surface area contributed by atoms with Gasteiger partial charge in [-0.05, 0) is 48.6 Å². The van der Waals surface area contributed by atoms with Crippen LogP contribution in [-0.4, -0.2) is 5.11 Å². The molecule has 1 aliphatic rings. The van der Waals surface area contributed by atoms with E-state index in [-0.39, 0.29) is 23.4 Å². The van der Waals surface area contributed by atoms with Crippen LogP contribution in [0.3, 0.4) is 0 Å². The summed E-state index contributed by atoms with van der Waals surface area (Å²) in [7, 11) is 0. The van der Waals surface area contributed by atoms with Crippen molar-refractivity contribution in [1.82, 2.24) is 0 Å². The SMILES string of the molecule is Cc1ccc(O)c2c1C(C)CC2Nc1c(F)cccc1F. The molecule has 2 unspecified atom stereocenters. The number of phenols is 1. The molecule has 0 aliphatic heterocycles. The Balaban J connectivity index is 2.03. The summed E-state index contributed by atoms with van der Waals surface area (Å²) in [5, 5.41) is 13.1. The Morgan fingerprint density at radius 2 is 1.76 bits per heavy atom. The van der Waals surface area contributed by atoms with E-state index >= 15 is 0 Å². The Morgan fingerprint density at radius 3 is 2.43 bits per heavy atom. The zero-order valence-corrected chi connectivity index (χ0v) is 12.0. The van der Waals surface area contributed by atoms with Crippen molar-refractivity contribution in [3.63, 3.8) is 0 Å². The monoisotopic (exact) mass is 289 g/mol. The lowest BCUT2D eigenvalue weighted by Gasteiger charge is -2.18. The summed E-state index contributed by atoms with van der Waals surface area (Å²) in [6, 6.07) is 7.00. The highest BCUT2D eigenvalue weighted by Crippen LogP contribution is 2.47. The summed E-state index contributed by atoms with van der Waals surface area (Å²) in [6.07, 6.45) is 0.696. The molecule has 0 fully saturated rings. The number of halogens is 2. The largest absolute Gasteiger partial charge is 0.508 e. The van der Waals surface area contributed by atoms with Crippen LogP contribution >= 0.6 is 0 Å². The Bertz CT molecular complexity index is 679. The van der Waals surface area contributed by atoms with Gasteiger partial charge in [-0.3, -0.25) is 0 Å². The lowest BCUT2D eigenvalue weighted by Crippen LogP contribution is -2.10. The van der Waals surface area contributed by atoms with E-state index in [0.717, 1.165) is 16.7 Å². The van der Waals surface area contributed by atoms with E-state index in [1.165, 1.54) is 18.2 Å². The number of phenolic OH excluding ortho intramolecular Hbond substituents is 1. The van der Waals surface area contributed by atoms with E-state index in [2.05, 4.69) is 12.2 Å². The van der Waals surface area contributed by atoms with Crippen LogP contribution in [-0.2, 0) is 0 Å². The molecule has 110 valence electrons. The lowest BCUT2D eigenvalue weighted by atomic mass is 9.97. The summed E-state index contributed by atoms with van der Waals surface area (Å²) in [5.41, 5.74) is 2.78. The van der Waals surface area contributed by atoms with Crippen molar-refractivity contribution >= 4 is 5.69 Å². The average molecular weight is 289 g/mol. The predicted molar refractivity (Wildman–Crippen MR) is 78.6 cm³/mol. The molecule has 1 aliphatic carbocycles. The fourth-order valence-corrected chi connectivity index (χ4v) is 3.28. The minimum absolute atomic E-state index is 0.136. The minimum atomic E-state index is -0.622. The second-order valence-electron chi connectivity index (χ2n) is 5.66. The smallest absolute Gasteiger partial charge is 0.149 e. The van der Waals surface area contributed by atoms with Gasteiger partial charge in [-0.2, -0.15) is 0 Å². The molecule has 0 aromatic heterocycles. The molecule has 0 saturated carbocycles. The number of para-hydroxylation sites is 1. The molecule has 0 bridgehead atoms. The minimum Gasteiger partial charge on any atom is -0.508 e. The highest BCUT2D eigenvalue weighted by Gasteiger charge is 2.33. The van der Waals surface area contributed by atoms with E-state index < -0.39 is 11.6 Å². The molecule has 0 spiro atoms. The molecule has 0 amide bonds. The topological polar surface area (TPSA) is 32.3 Å². The van der Waals surface area contributed by atoms with E-state index in [4.69, 9.17) is 0 Å². The van der Waals surface area contributed by atoms with E-state index in [9.17, 15) is 13.9 Å². The first kappa shape index (κ1) is 13.9. The summed E-state index contributed by atoms with van der Waals surface area (Å²) >= 11 is 0. The molecule has 21 heavy (non-hydrogen) atoms. The number of benzene rings is 2. The lowest BCUT2D eigenvalue weighted by molar-refractivity contribution is 0.464. The van der Waals surface area contributed by atoms with Gasteiger partial charge in [0.15, 0.2) is 0 Å². The maximum absolute atomic E-state index is 13.8. The zero-order chi connectivity index (χ0) is 15.1. The van der Waals surface area contributed by atoms with Crippen LogP contribution < -0.4 is 5.32 Å². The third-order valence-corrected chi connectivity index (χ3v) is 4.19. The highest BCUT2D eigenvalue weighted by molar-refractivity contribution is 5.56. The second kappa shape index (κ2) is 5.02. The Hall–Kier alpha value is -2.10. The molecule has 2 aromatic rings. The fourth-order valence-electron chi connectivity index (χ4n) is 3.28. The number of hydrogen-bond donors (Lipinski definition) is 2. The van der Waals surface area contributed by atoms with Crippen LogP contribution in [0, 0.1) is 18.6 Å². The van der Waals surface area contributed by atoms with Crippen molar-refractivity contribution in [2.24, 2.45) is 0 Å². The molecule has 0 heterocycles. The van der Waals surface area contributed by atoms with Crippen LogP contribution in [0.4, 0.5) is 14.5 Å². The third kappa shape index (κ3) is 2.24. The first-order valence-electron chi connectivity index (χ1n) is 7.02. The van der Waals surface area contributed by atoms with Crippen molar-refractivity contribution in [2.75, 3.05) is 5.32 Å². The summed E-state index contributed by atoms with van der Waals surface area (Å²) in [6.45, 7) is 4.05. The molecule has 4 heteroatoms. The number of aryl methyl sites for hydroxylation is 1. The van der Waals surface area contributed by atoms with Gasteiger partial charge < -0.3 is 10.4 Å². The predicted octanol–water partition coefficient (Wildman–Crippen LogP) is 4.64. The number of anilines is 1. The number of nitrogens with one attached hydrogen (secondary N) is 1. The average Bonchev–Trinajstić information content (AvgIpc) is 2.77. The molecule has 0 saturated heterocycles. The van der Waals surface area contributed by atoms with Crippen molar-refractivity contribution in [1.29, 1.82) is 0 Å². The maximum atomic E-state index is 13.8. The summed E-state index contributed by atoms with van der Waals surface area (Å²) in [5.74, 6) is -0.833. The highest BCUT2D eigenvalue weighted by atomic mass is 19.1. The fraction of sp³-hybridized carbons (Fsp3) is 0.294. The number of hydrogen-bond acceptors (Lipinski definition) is 2. The molecular weight excluding hydrogens is 272 g/mol. The van der Waals surface area contributed by atoms with Crippen LogP contribution in [0.15, 0.2) is 30.3 Å². The van der Waals surface area contributed by atoms with Gasteiger partial charge in [0.1, 0.15) is 23.1 Å².